The van der Waals surface area contributed by atoms with Crippen LogP contribution in [0.5, 0.6) is 0 Å². The Morgan fingerprint density at radius 1 is 1.78 bits per heavy atom. The van der Waals surface area contributed by atoms with Crippen molar-refractivity contribution in [2.75, 3.05) is 7.11 Å². The highest BCUT2D eigenvalue weighted by Crippen LogP contribution is 2.24. The van der Waals surface area contributed by atoms with Gasteiger partial charge in [-0.3, -0.25) is 4.79 Å². The van der Waals surface area contributed by atoms with Gasteiger partial charge in [-0.05, 0) is 19.3 Å². The average molecular weight is 127 g/mol. The molecule has 0 heterocycles. The van der Waals surface area contributed by atoms with Gasteiger partial charge in [-0.2, -0.15) is 0 Å². The minimum atomic E-state index is -0.0764. The van der Waals surface area contributed by atoms with Gasteiger partial charge in [-0.25, -0.2) is 0 Å². The monoisotopic (exact) mass is 127 g/mol. The van der Waals surface area contributed by atoms with Crippen molar-refractivity contribution < 1.29 is 9.53 Å². The van der Waals surface area contributed by atoms with Crippen LogP contribution in [-0.4, -0.2) is 13.1 Å². The van der Waals surface area contributed by atoms with E-state index in [2.05, 4.69) is 4.74 Å². The highest BCUT2D eigenvalue weighted by Gasteiger charge is 2.22. The highest BCUT2D eigenvalue weighted by molar-refractivity contribution is 5.74. The van der Waals surface area contributed by atoms with E-state index >= 15 is 0 Å². The molecule has 0 saturated heterocycles. The van der Waals surface area contributed by atoms with Gasteiger partial charge in [0.05, 0.1) is 13.0 Å². The molecule has 1 aliphatic rings. The lowest BCUT2D eigenvalue weighted by atomic mass is 10.1. The molecule has 0 aromatic heterocycles. The van der Waals surface area contributed by atoms with E-state index in [4.69, 9.17) is 0 Å². The summed E-state index contributed by atoms with van der Waals surface area (Å²) in [5, 5.41) is 0. The van der Waals surface area contributed by atoms with Gasteiger partial charge in [0, 0.05) is 0 Å². The van der Waals surface area contributed by atoms with E-state index in [9.17, 15) is 4.79 Å². The predicted octanol–water partition coefficient (Wildman–Crippen LogP) is 1.16. The number of rotatable bonds is 1. The molecule has 51 valence electrons. The minimum absolute atomic E-state index is 0.0764. The van der Waals surface area contributed by atoms with E-state index in [1.54, 1.807) is 0 Å². The van der Waals surface area contributed by atoms with Crippen molar-refractivity contribution in [2.45, 2.75) is 19.3 Å². The Kier molecular flexibility index (Phi) is 2.09. The van der Waals surface area contributed by atoms with Crippen molar-refractivity contribution in [3.8, 4) is 0 Å². The first-order valence-electron chi connectivity index (χ1n) is 3.26. The summed E-state index contributed by atoms with van der Waals surface area (Å²) in [6.45, 7) is 0. The Morgan fingerprint density at radius 3 is 3.00 bits per heavy atom. The van der Waals surface area contributed by atoms with Crippen molar-refractivity contribution in [2.24, 2.45) is 5.92 Å². The second kappa shape index (κ2) is 2.85. The maximum atomic E-state index is 10.8. The van der Waals surface area contributed by atoms with Gasteiger partial charge in [0.1, 0.15) is 0 Å². The van der Waals surface area contributed by atoms with Gasteiger partial charge >= 0.3 is 5.97 Å². The smallest absolute Gasteiger partial charge is 0.308 e. The largest absolute Gasteiger partial charge is 0.469 e. The molecule has 2 heteroatoms. The molecule has 9 heavy (non-hydrogen) atoms. The lowest BCUT2D eigenvalue weighted by molar-refractivity contribution is -0.144. The Bertz CT molecular complexity index is 103. The summed E-state index contributed by atoms with van der Waals surface area (Å²) in [5.41, 5.74) is 0. The third-order valence-corrected chi connectivity index (χ3v) is 1.67. The molecular formula is C7H11O2. The molecule has 2 nitrogen and oxygen atoms in total. The van der Waals surface area contributed by atoms with Crippen LogP contribution in [0.4, 0.5) is 0 Å². The number of methoxy groups -OCH3 is 1. The number of carbonyl (C=O) groups is 1. The second-order valence-electron chi connectivity index (χ2n) is 2.30. The Balaban J connectivity index is 2.32. The lowest BCUT2D eigenvalue weighted by Crippen LogP contribution is -2.12. The number of hydrogen-bond acceptors (Lipinski definition) is 2. The van der Waals surface area contributed by atoms with Crippen LogP contribution >= 0.6 is 0 Å². The quantitative estimate of drug-likeness (QED) is 0.494. The summed E-state index contributed by atoms with van der Waals surface area (Å²) in [4.78, 5) is 10.8. The molecule has 0 aliphatic heterocycles. The topological polar surface area (TPSA) is 26.3 Å². The molecule has 0 aromatic rings. The maximum absolute atomic E-state index is 10.8. The van der Waals surface area contributed by atoms with Crippen LogP contribution in [0.1, 0.15) is 19.3 Å². The van der Waals surface area contributed by atoms with E-state index < -0.39 is 0 Å². The highest BCUT2D eigenvalue weighted by atomic mass is 16.5. The average Bonchev–Trinajstić information content (AvgIpc) is 2.37. The van der Waals surface area contributed by atoms with Crippen LogP contribution in [0.25, 0.3) is 0 Å². The van der Waals surface area contributed by atoms with Crippen LogP contribution in [-0.2, 0) is 9.53 Å². The van der Waals surface area contributed by atoms with Gasteiger partial charge in [0.15, 0.2) is 0 Å². The molecule has 0 aromatic carbocycles. The third kappa shape index (κ3) is 1.44. The van der Waals surface area contributed by atoms with E-state index in [0.717, 1.165) is 19.3 Å². The molecule has 0 spiro atoms. The van der Waals surface area contributed by atoms with E-state index in [0.29, 0.717) is 0 Å². The molecule has 0 amide bonds. The van der Waals surface area contributed by atoms with Crippen LogP contribution in [0.3, 0.4) is 0 Å². The molecule has 1 rings (SSSR count). The molecule has 1 saturated carbocycles. The fourth-order valence-corrected chi connectivity index (χ4v) is 1.14. The summed E-state index contributed by atoms with van der Waals surface area (Å²) in [6, 6.07) is 0. The molecule has 0 bridgehead atoms. The van der Waals surface area contributed by atoms with Crippen LogP contribution in [0, 0.1) is 12.3 Å². The number of hydrogen-bond donors (Lipinski definition) is 0. The molecule has 1 unspecified atom stereocenters. The van der Waals surface area contributed by atoms with Gasteiger partial charge in [0.25, 0.3) is 0 Å². The molecule has 1 aliphatic carbocycles. The molecule has 1 radical (unpaired) electrons. The summed E-state index contributed by atoms with van der Waals surface area (Å²) in [5.74, 6) is 0.0162. The zero-order chi connectivity index (χ0) is 6.69. The van der Waals surface area contributed by atoms with Gasteiger partial charge < -0.3 is 4.74 Å². The normalized spacial score (nSPS) is 20.1. The van der Waals surface area contributed by atoms with Crippen molar-refractivity contribution in [1.82, 2.24) is 0 Å². The van der Waals surface area contributed by atoms with E-state index in [1.807, 2.05) is 6.42 Å². The zero-order valence-electron chi connectivity index (χ0n) is 5.59. The first kappa shape index (κ1) is 6.59. The van der Waals surface area contributed by atoms with Crippen LogP contribution in [0.2, 0.25) is 0 Å². The van der Waals surface area contributed by atoms with Gasteiger partial charge in [-0.15, -0.1) is 0 Å². The van der Waals surface area contributed by atoms with Gasteiger partial charge in [-0.1, -0.05) is 6.42 Å². The molecule has 0 N–H and O–H groups in total. The van der Waals surface area contributed by atoms with Crippen LogP contribution < -0.4 is 0 Å². The maximum Gasteiger partial charge on any atom is 0.308 e. The van der Waals surface area contributed by atoms with E-state index in [1.165, 1.54) is 7.11 Å². The van der Waals surface area contributed by atoms with E-state index in [-0.39, 0.29) is 11.9 Å². The van der Waals surface area contributed by atoms with Crippen molar-refractivity contribution in [3.05, 3.63) is 6.42 Å². The first-order valence-corrected chi connectivity index (χ1v) is 3.26. The molecule has 1 atom stereocenters. The Hall–Kier alpha value is -0.530. The zero-order valence-corrected chi connectivity index (χ0v) is 5.59. The first-order chi connectivity index (χ1) is 4.34. The fourth-order valence-electron chi connectivity index (χ4n) is 1.14. The fraction of sp³-hybridized carbons (Fsp3) is 0.714. The molecule has 1 fully saturated rings. The molecular weight excluding hydrogens is 116 g/mol. The Morgan fingerprint density at radius 2 is 2.56 bits per heavy atom. The standard InChI is InChI=1S/C7H11O2/c1-9-7(8)6-4-2-3-5-6/h4,6H,2-3,5H2,1H3. The third-order valence-electron chi connectivity index (χ3n) is 1.67. The SMILES string of the molecule is COC(=O)C1[CH]CCC1. The van der Waals surface area contributed by atoms with Crippen molar-refractivity contribution in [3.63, 3.8) is 0 Å². The summed E-state index contributed by atoms with van der Waals surface area (Å²) in [7, 11) is 1.44. The van der Waals surface area contributed by atoms with Crippen molar-refractivity contribution in [1.29, 1.82) is 0 Å². The van der Waals surface area contributed by atoms with Crippen molar-refractivity contribution >= 4 is 5.97 Å². The van der Waals surface area contributed by atoms with Gasteiger partial charge in [0.2, 0.25) is 0 Å². The summed E-state index contributed by atoms with van der Waals surface area (Å²) in [6.07, 6.45) is 5.22. The summed E-state index contributed by atoms with van der Waals surface area (Å²) < 4.78 is 4.56. The second-order valence-corrected chi connectivity index (χ2v) is 2.30. The predicted molar refractivity (Wildman–Crippen MR) is 33.7 cm³/mol. The number of carbonyl (C=O) groups excluding carboxylic acids is 1. The number of esters is 1. The minimum Gasteiger partial charge on any atom is -0.469 e. The lowest BCUT2D eigenvalue weighted by Gasteiger charge is -2.03. The van der Waals surface area contributed by atoms with Crippen LogP contribution in [0.15, 0.2) is 0 Å². The Labute approximate surface area is 55.2 Å². The number of ether oxygens (including phenoxy) is 1. The summed E-state index contributed by atoms with van der Waals surface area (Å²) >= 11 is 0.